The summed E-state index contributed by atoms with van der Waals surface area (Å²) in [6.45, 7) is 8.79. The first-order valence-electron chi connectivity index (χ1n) is 7.29. The van der Waals surface area contributed by atoms with Crippen molar-refractivity contribution in [2.75, 3.05) is 26.3 Å². The van der Waals surface area contributed by atoms with Crippen molar-refractivity contribution in [3.63, 3.8) is 0 Å². The molecule has 20 heavy (non-hydrogen) atoms. The molecule has 0 bridgehead atoms. The van der Waals surface area contributed by atoms with Crippen molar-refractivity contribution in [1.82, 2.24) is 4.90 Å². The van der Waals surface area contributed by atoms with E-state index in [4.69, 9.17) is 9.47 Å². The molecule has 1 aliphatic rings. The van der Waals surface area contributed by atoms with Crippen LogP contribution in [0, 0.1) is 6.92 Å². The van der Waals surface area contributed by atoms with E-state index in [1.807, 2.05) is 31.2 Å². The highest BCUT2D eigenvalue weighted by molar-refractivity contribution is 5.27. The molecule has 4 nitrogen and oxygen atoms in total. The SMILES string of the molecule is Cc1cccc(OCC(O)CN2CCOC(C)C2C)c1. The smallest absolute Gasteiger partial charge is 0.119 e. The standard InChI is InChI=1S/C16H25NO3/c1-12-5-4-6-16(9-12)20-11-15(18)10-17-7-8-19-14(3)13(17)2/h4-6,9,13-15,18H,7-8,10-11H2,1-3H3. The van der Waals surface area contributed by atoms with Gasteiger partial charge < -0.3 is 14.6 Å². The van der Waals surface area contributed by atoms with Gasteiger partial charge in [-0.2, -0.15) is 0 Å². The number of aliphatic hydroxyl groups excluding tert-OH is 1. The number of aliphatic hydroxyl groups is 1. The van der Waals surface area contributed by atoms with Crippen molar-refractivity contribution in [3.8, 4) is 5.75 Å². The zero-order valence-electron chi connectivity index (χ0n) is 12.6. The van der Waals surface area contributed by atoms with Crippen molar-refractivity contribution in [2.24, 2.45) is 0 Å². The second kappa shape index (κ2) is 7.07. The van der Waals surface area contributed by atoms with Crippen molar-refractivity contribution in [1.29, 1.82) is 0 Å². The normalized spacial score (nSPS) is 25.4. The zero-order valence-corrected chi connectivity index (χ0v) is 12.6. The molecule has 2 rings (SSSR count). The first-order valence-corrected chi connectivity index (χ1v) is 7.29. The first-order chi connectivity index (χ1) is 9.56. The summed E-state index contributed by atoms with van der Waals surface area (Å²) in [5.41, 5.74) is 1.16. The van der Waals surface area contributed by atoms with Crippen LogP contribution in [0.25, 0.3) is 0 Å². The van der Waals surface area contributed by atoms with E-state index in [0.717, 1.165) is 24.5 Å². The number of benzene rings is 1. The summed E-state index contributed by atoms with van der Waals surface area (Å²) in [5.74, 6) is 0.812. The summed E-state index contributed by atoms with van der Waals surface area (Å²) in [7, 11) is 0. The second-order valence-electron chi connectivity index (χ2n) is 5.59. The van der Waals surface area contributed by atoms with Crippen LogP contribution in [0.4, 0.5) is 0 Å². The van der Waals surface area contributed by atoms with E-state index in [9.17, 15) is 5.11 Å². The van der Waals surface area contributed by atoms with Gasteiger partial charge in [0.2, 0.25) is 0 Å². The molecule has 1 aromatic carbocycles. The maximum atomic E-state index is 10.1. The first kappa shape index (κ1) is 15.3. The number of hydrogen-bond donors (Lipinski definition) is 1. The molecule has 1 aliphatic heterocycles. The Balaban J connectivity index is 1.79. The Morgan fingerprint density at radius 3 is 3.00 bits per heavy atom. The van der Waals surface area contributed by atoms with Crippen LogP contribution >= 0.6 is 0 Å². The number of morpholine rings is 1. The van der Waals surface area contributed by atoms with Crippen LogP contribution in [0.2, 0.25) is 0 Å². The maximum absolute atomic E-state index is 10.1. The third kappa shape index (κ3) is 4.20. The molecule has 1 fully saturated rings. The Bertz CT molecular complexity index is 424. The average Bonchev–Trinajstić information content (AvgIpc) is 2.42. The number of nitrogens with zero attached hydrogens (tertiary/aromatic N) is 1. The summed E-state index contributed by atoms with van der Waals surface area (Å²) in [6.07, 6.45) is -0.267. The number of ether oxygens (including phenoxy) is 2. The average molecular weight is 279 g/mol. The molecule has 0 amide bonds. The van der Waals surface area contributed by atoms with Gasteiger partial charge in [-0.1, -0.05) is 12.1 Å². The molecule has 3 unspecified atom stereocenters. The molecule has 1 saturated heterocycles. The molecule has 0 spiro atoms. The largest absolute Gasteiger partial charge is 0.491 e. The molecule has 4 heteroatoms. The Morgan fingerprint density at radius 1 is 1.45 bits per heavy atom. The summed E-state index contributed by atoms with van der Waals surface area (Å²) >= 11 is 0. The van der Waals surface area contributed by atoms with Crippen molar-refractivity contribution < 1.29 is 14.6 Å². The van der Waals surface area contributed by atoms with Gasteiger partial charge in [-0.3, -0.25) is 4.90 Å². The van der Waals surface area contributed by atoms with Crippen LogP contribution in [0.15, 0.2) is 24.3 Å². The van der Waals surface area contributed by atoms with Crippen molar-refractivity contribution in [2.45, 2.75) is 39.0 Å². The fraction of sp³-hybridized carbons (Fsp3) is 0.625. The molecule has 112 valence electrons. The van der Waals surface area contributed by atoms with Gasteiger partial charge in [-0.05, 0) is 38.5 Å². The van der Waals surface area contributed by atoms with Crippen LogP contribution in [0.1, 0.15) is 19.4 Å². The number of β-amino-alcohol motifs (C(OH)–C–C–N with tert-alkyl or cyclic N) is 1. The second-order valence-corrected chi connectivity index (χ2v) is 5.59. The fourth-order valence-electron chi connectivity index (χ4n) is 2.47. The Morgan fingerprint density at radius 2 is 2.25 bits per heavy atom. The Labute approximate surface area is 121 Å². The van der Waals surface area contributed by atoms with E-state index in [-0.39, 0.29) is 6.10 Å². The quantitative estimate of drug-likeness (QED) is 0.893. The third-order valence-corrected chi connectivity index (χ3v) is 3.89. The molecular weight excluding hydrogens is 254 g/mol. The molecule has 0 radical (unpaired) electrons. The van der Waals surface area contributed by atoms with Crippen LogP contribution in [0.5, 0.6) is 5.75 Å². The monoisotopic (exact) mass is 279 g/mol. The van der Waals surface area contributed by atoms with Gasteiger partial charge in [-0.15, -0.1) is 0 Å². The van der Waals surface area contributed by atoms with Gasteiger partial charge in [0.15, 0.2) is 0 Å². The lowest BCUT2D eigenvalue weighted by Gasteiger charge is -2.38. The topological polar surface area (TPSA) is 41.9 Å². The van der Waals surface area contributed by atoms with E-state index < -0.39 is 6.10 Å². The van der Waals surface area contributed by atoms with Gasteiger partial charge in [0, 0.05) is 19.1 Å². The van der Waals surface area contributed by atoms with E-state index in [1.165, 1.54) is 0 Å². The lowest BCUT2D eigenvalue weighted by Crippen LogP contribution is -2.51. The van der Waals surface area contributed by atoms with Gasteiger partial charge in [0.05, 0.1) is 12.7 Å². The molecule has 0 aliphatic carbocycles. The third-order valence-electron chi connectivity index (χ3n) is 3.89. The molecular formula is C16H25NO3. The van der Waals surface area contributed by atoms with Crippen molar-refractivity contribution >= 4 is 0 Å². The molecule has 1 aromatic rings. The van der Waals surface area contributed by atoms with Crippen LogP contribution in [-0.2, 0) is 4.74 Å². The highest BCUT2D eigenvalue weighted by atomic mass is 16.5. The van der Waals surface area contributed by atoms with Gasteiger partial charge >= 0.3 is 0 Å². The summed E-state index contributed by atoms with van der Waals surface area (Å²) in [4.78, 5) is 2.26. The number of rotatable bonds is 5. The number of aryl methyl sites for hydroxylation is 1. The lowest BCUT2D eigenvalue weighted by molar-refractivity contribution is -0.0701. The van der Waals surface area contributed by atoms with Crippen LogP contribution in [0.3, 0.4) is 0 Å². The van der Waals surface area contributed by atoms with Crippen molar-refractivity contribution in [3.05, 3.63) is 29.8 Å². The highest BCUT2D eigenvalue weighted by Gasteiger charge is 2.26. The minimum Gasteiger partial charge on any atom is -0.491 e. The lowest BCUT2D eigenvalue weighted by atomic mass is 10.1. The van der Waals surface area contributed by atoms with E-state index in [0.29, 0.717) is 19.2 Å². The zero-order chi connectivity index (χ0) is 14.5. The van der Waals surface area contributed by atoms with Crippen LogP contribution < -0.4 is 4.74 Å². The van der Waals surface area contributed by atoms with E-state index in [1.54, 1.807) is 0 Å². The molecule has 1 N–H and O–H groups in total. The highest BCUT2D eigenvalue weighted by Crippen LogP contribution is 2.15. The van der Waals surface area contributed by atoms with E-state index >= 15 is 0 Å². The van der Waals surface area contributed by atoms with Crippen LogP contribution in [-0.4, -0.2) is 54.6 Å². The summed E-state index contributed by atoms with van der Waals surface area (Å²) in [5, 5.41) is 10.1. The summed E-state index contributed by atoms with van der Waals surface area (Å²) < 4.78 is 11.2. The fourth-order valence-corrected chi connectivity index (χ4v) is 2.47. The Kier molecular flexibility index (Phi) is 5.40. The van der Waals surface area contributed by atoms with Gasteiger partial charge in [0.1, 0.15) is 18.5 Å². The molecule has 0 aromatic heterocycles. The molecule has 0 saturated carbocycles. The minimum atomic E-state index is -0.483. The van der Waals surface area contributed by atoms with Gasteiger partial charge in [-0.25, -0.2) is 0 Å². The predicted molar refractivity (Wildman–Crippen MR) is 79.1 cm³/mol. The minimum absolute atomic E-state index is 0.216. The van der Waals surface area contributed by atoms with E-state index in [2.05, 4.69) is 18.7 Å². The Hall–Kier alpha value is -1.10. The molecule has 1 heterocycles. The number of hydrogen-bond acceptors (Lipinski definition) is 4. The molecule has 3 atom stereocenters. The summed E-state index contributed by atoms with van der Waals surface area (Å²) in [6, 6.07) is 8.21. The predicted octanol–water partition coefficient (Wildman–Crippen LogP) is 1.84. The maximum Gasteiger partial charge on any atom is 0.119 e. The van der Waals surface area contributed by atoms with Gasteiger partial charge in [0.25, 0.3) is 0 Å².